The zero-order valence-electron chi connectivity index (χ0n) is 12.7. The Hall–Kier alpha value is -1.26. The van der Waals surface area contributed by atoms with Crippen molar-refractivity contribution in [1.82, 2.24) is 9.80 Å². The van der Waals surface area contributed by atoms with E-state index < -0.39 is 0 Å². The van der Waals surface area contributed by atoms with Crippen LogP contribution in [0.3, 0.4) is 0 Å². The zero-order valence-corrected chi connectivity index (χ0v) is 12.7. The minimum absolute atomic E-state index is 0.130. The van der Waals surface area contributed by atoms with Crippen LogP contribution in [-0.4, -0.2) is 52.7 Å². The molecule has 4 nitrogen and oxygen atoms in total. The fraction of sp³-hybridized carbons (Fsp3) is 0.625. The van der Waals surface area contributed by atoms with Crippen molar-refractivity contribution in [3.05, 3.63) is 23.8 Å². The summed E-state index contributed by atoms with van der Waals surface area (Å²) in [5, 5.41) is 19.2. The largest absolute Gasteiger partial charge is 0.508 e. The van der Waals surface area contributed by atoms with Gasteiger partial charge in [0.05, 0.1) is 0 Å². The topological polar surface area (TPSA) is 46.9 Å². The molecule has 1 aliphatic rings. The van der Waals surface area contributed by atoms with Gasteiger partial charge in [-0.25, -0.2) is 0 Å². The minimum atomic E-state index is 0.130. The number of benzene rings is 1. The Kier molecular flexibility index (Phi) is 4.89. The van der Waals surface area contributed by atoms with E-state index in [2.05, 4.69) is 30.6 Å². The lowest BCUT2D eigenvalue weighted by Crippen LogP contribution is -2.48. The monoisotopic (exact) mass is 278 g/mol. The predicted octanol–water partition coefficient (Wildman–Crippen LogP) is 2.43. The Labute approximate surface area is 121 Å². The fourth-order valence-corrected chi connectivity index (χ4v) is 2.92. The second-order valence-corrected chi connectivity index (χ2v) is 6.19. The number of aromatic hydroxyl groups is 2. The second-order valence-electron chi connectivity index (χ2n) is 6.19. The van der Waals surface area contributed by atoms with Gasteiger partial charge in [0, 0.05) is 44.8 Å². The smallest absolute Gasteiger partial charge is 0.119 e. The molecule has 1 aliphatic heterocycles. The Bertz CT molecular complexity index is 420. The SMILES string of the molecule is CC(C)CN1CCN(C(C)c2cc(O)cc(O)c2)CC1. The van der Waals surface area contributed by atoms with Crippen LogP contribution in [0.1, 0.15) is 32.4 Å². The number of hydrogen-bond donors (Lipinski definition) is 2. The van der Waals surface area contributed by atoms with E-state index in [0.29, 0.717) is 5.92 Å². The van der Waals surface area contributed by atoms with Crippen LogP contribution in [0.2, 0.25) is 0 Å². The van der Waals surface area contributed by atoms with Crippen molar-refractivity contribution in [3.63, 3.8) is 0 Å². The molecule has 1 unspecified atom stereocenters. The first-order chi connectivity index (χ1) is 9.45. The van der Waals surface area contributed by atoms with Crippen LogP contribution in [0.15, 0.2) is 18.2 Å². The Morgan fingerprint density at radius 2 is 1.50 bits per heavy atom. The van der Waals surface area contributed by atoms with Crippen LogP contribution >= 0.6 is 0 Å². The maximum absolute atomic E-state index is 9.60. The highest BCUT2D eigenvalue weighted by Crippen LogP contribution is 2.28. The third kappa shape index (κ3) is 3.87. The molecule has 0 amide bonds. The van der Waals surface area contributed by atoms with E-state index in [1.807, 2.05) is 0 Å². The van der Waals surface area contributed by atoms with Gasteiger partial charge < -0.3 is 15.1 Å². The molecule has 1 saturated heterocycles. The summed E-state index contributed by atoms with van der Waals surface area (Å²) in [6.07, 6.45) is 0. The van der Waals surface area contributed by atoms with Gasteiger partial charge in [-0.1, -0.05) is 13.8 Å². The van der Waals surface area contributed by atoms with E-state index in [0.717, 1.165) is 38.3 Å². The van der Waals surface area contributed by atoms with E-state index in [4.69, 9.17) is 0 Å². The molecule has 1 heterocycles. The van der Waals surface area contributed by atoms with E-state index in [9.17, 15) is 10.2 Å². The van der Waals surface area contributed by atoms with Crippen LogP contribution < -0.4 is 0 Å². The summed E-state index contributed by atoms with van der Waals surface area (Å²) in [5.74, 6) is 0.970. The molecule has 0 aromatic heterocycles. The first kappa shape index (κ1) is 15.1. The first-order valence-corrected chi connectivity index (χ1v) is 7.45. The molecule has 0 aliphatic carbocycles. The lowest BCUT2D eigenvalue weighted by atomic mass is 10.0. The van der Waals surface area contributed by atoms with Crippen LogP contribution in [0, 0.1) is 5.92 Å². The highest BCUT2D eigenvalue weighted by Gasteiger charge is 2.22. The van der Waals surface area contributed by atoms with Gasteiger partial charge >= 0.3 is 0 Å². The fourth-order valence-electron chi connectivity index (χ4n) is 2.92. The molecular formula is C16H26N2O2. The van der Waals surface area contributed by atoms with Gasteiger partial charge in [0.15, 0.2) is 0 Å². The van der Waals surface area contributed by atoms with E-state index >= 15 is 0 Å². The molecular weight excluding hydrogens is 252 g/mol. The molecule has 1 atom stereocenters. The normalized spacial score (nSPS) is 19.4. The number of phenolic OH excluding ortho intramolecular Hbond substituents is 2. The predicted molar refractivity (Wildman–Crippen MR) is 81.0 cm³/mol. The van der Waals surface area contributed by atoms with Gasteiger partial charge in [-0.2, -0.15) is 0 Å². The number of hydrogen-bond acceptors (Lipinski definition) is 4. The van der Waals surface area contributed by atoms with E-state index in [-0.39, 0.29) is 17.5 Å². The summed E-state index contributed by atoms with van der Waals surface area (Å²) in [7, 11) is 0. The number of rotatable bonds is 4. The Morgan fingerprint density at radius 1 is 0.950 bits per heavy atom. The molecule has 112 valence electrons. The highest BCUT2D eigenvalue weighted by molar-refractivity contribution is 5.38. The summed E-state index contributed by atoms with van der Waals surface area (Å²) in [6, 6.07) is 5.07. The van der Waals surface area contributed by atoms with E-state index in [1.54, 1.807) is 12.1 Å². The van der Waals surface area contributed by atoms with Crippen molar-refractivity contribution in [2.24, 2.45) is 5.92 Å². The number of nitrogens with zero attached hydrogens (tertiary/aromatic N) is 2. The second kappa shape index (κ2) is 6.46. The van der Waals surface area contributed by atoms with Gasteiger partial charge in [0.25, 0.3) is 0 Å². The highest BCUT2D eigenvalue weighted by atomic mass is 16.3. The first-order valence-electron chi connectivity index (χ1n) is 7.45. The van der Waals surface area contributed by atoms with Gasteiger partial charge in [0.2, 0.25) is 0 Å². The summed E-state index contributed by atoms with van der Waals surface area (Å²) < 4.78 is 0. The van der Waals surface area contributed by atoms with Crippen molar-refractivity contribution >= 4 is 0 Å². The van der Waals surface area contributed by atoms with Gasteiger partial charge in [-0.15, -0.1) is 0 Å². The molecule has 0 spiro atoms. The van der Waals surface area contributed by atoms with Crippen LogP contribution in [0.4, 0.5) is 0 Å². The summed E-state index contributed by atoms with van der Waals surface area (Å²) >= 11 is 0. The Balaban J connectivity index is 1.96. The van der Waals surface area contributed by atoms with Crippen LogP contribution in [0.25, 0.3) is 0 Å². The maximum atomic E-state index is 9.60. The molecule has 2 rings (SSSR count). The lowest BCUT2D eigenvalue weighted by molar-refractivity contribution is 0.0946. The molecule has 1 aromatic rings. The van der Waals surface area contributed by atoms with Gasteiger partial charge in [-0.05, 0) is 30.5 Å². The standard InChI is InChI=1S/C16H26N2O2/c1-12(2)11-17-4-6-18(7-5-17)13(3)14-8-15(19)10-16(20)9-14/h8-10,12-13,19-20H,4-7,11H2,1-3H3. The third-order valence-electron chi connectivity index (χ3n) is 3.99. The zero-order chi connectivity index (χ0) is 14.7. The van der Waals surface area contributed by atoms with Crippen LogP contribution in [-0.2, 0) is 0 Å². The minimum Gasteiger partial charge on any atom is -0.508 e. The molecule has 0 saturated carbocycles. The number of piperazine rings is 1. The van der Waals surface area contributed by atoms with E-state index in [1.165, 1.54) is 6.07 Å². The average molecular weight is 278 g/mol. The summed E-state index contributed by atoms with van der Waals surface area (Å²) in [4.78, 5) is 4.92. The van der Waals surface area contributed by atoms with Crippen molar-refractivity contribution in [2.45, 2.75) is 26.8 Å². The van der Waals surface area contributed by atoms with Crippen molar-refractivity contribution in [2.75, 3.05) is 32.7 Å². The molecule has 2 N–H and O–H groups in total. The maximum Gasteiger partial charge on any atom is 0.119 e. The van der Waals surface area contributed by atoms with Crippen LogP contribution in [0.5, 0.6) is 11.5 Å². The Morgan fingerprint density at radius 3 is 2.00 bits per heavy atom. The van der Waals surface area contributed by atoms with Crippen molar-refractivity contribution < 1.29 is 10.2 Å². The lowest BCUT2D eigenvalue weighted by Gasteiger charge is -2.38. The molecule has 4 heteroatoms. The molecule has 0 radical (unpaired) electrons. The van der Waals surface area contributed by atoms with Crippen molar-refractivity contribution in [3.8, 4) is 11.5 Å². The molecule has 1 fully saturated rings. The van der Waals surface area contributed by atoms with Crippen molar-refractivity contribution in [1.29, 1.82) is 0 Å². The summed E-state index contributed by atoms with van der Waals surface area (Å²) in [6.45, 7) is 12.0. The number of phenols is 2. The van der Waals surface area contributed by atoms with Gasteiger partial charge in [0.1, 0.15) is 11.5 Å². The summed E-state index contributed by atoms with van der Waals surface area (Å²) in [5.41, 5.74) is 0.972. The molecule has 20 heavy (non-hydrogen) atoms. The molecule has 1 aromatic carbocycles. The average Bonchev–Trinajstić information content (AvgIpc) is 2.37. The van der Waals surface area contributed by atoms with Gasteiger partial charge in [-0.3, -0.25) is 4.90 Å². The molecule has 0 bridgehead atoms. The quantitative estimate of drug-likeness (QED) is 0.888. The third-order valence-corrected chi connectivity index (χ3v) is 3.99.